The number of rotatable bonds is 4. The summed E-state index contributed by atoms with van der Waals surface area (Å²) in [5.74, 6) is 0. The summed E-state index contributed by atoms with van der Waals surface area (Å²) < 4.78 is 5.45. The predicted octanol–water partition coefficient (Wildman–Crippen LogP) is 0.873. The van der Waals surface area contributed by atoms with Gasteiger partial charge in [0.15, 0.2) is 0 Å². The molecule has 0 aliphatic rings. The van der Waals surface area contributed by atoms with Crippen LogP contribution in [0.3, 0.4) is 0 Å². The van der Waals surface area contributed by atoms with Gasteiger partial charge in [-0.3, -0.25) is 0 Å². The third kappa shape index (κ3) is 3.08. The Morgan fingerprint density at radius 1 is 1.41 bits per heavy atom. The molecule has 0 atom stereocenters. The summed E-state index contributed by atoms with van der Waals surface area (Å²) in [6.07, 6.45) is 0. The van der Waals surface area contributed by atoms with Crippen LogP contribution in [0.1, 0.15) is 32.6 Å². The highest BCUT2D eigenvalue weighted by atomic mass is 32.1. The van der Waals surface area contributed by atoms with E-state index in [1.165, 1.54) is 11.3 Å². The van der Waals surface area contributed by atoms with Crippen LogP contribution in [0.15, 0.2) is 11.4 Å². The van der Waals surface area contributed by atoms with Crippen LogP contribution in [0.4, 0.5) is 0 Å². The van der Waals surface area contributed by atoms with E-state index in [0.717, 1.165) is 0 Å². The molecule has 0 bridgehead atoms. The Labute approximate surface area is 106 Å². The third-order valence-electron chi connectivity index (χ3n) is 2.94. The quantitative estimate of drug-likeness (QED) is 0.781. The topological polar surface area (TPSA) is 73.5 Å². The van der Waals surface area contributed by atoms with Gasteiger partial charge in [0.25, 0.3) is 0 Å². The lowest BCUT2D eigenvalue weighted by molar-refractivity contribution is -0.0982. The molecule has 2 N–H and O–H groups in total. The van der Waals surface area contributed by atoms with E-state index < -0.39 is 18.3 Å². The van der Waals surface area contributed by atoms with Gasteiger partial charge in [0.2, 0.25) is 0 Å². The van der Waals surface area contributed by atoms with Crippen LogP contribution in [-0.4, -0.2) is 28.5 Å². The van der Waals surface area contributed by atoms with Crippen molar-refractivity contribution in [3.63, 3.8) is 0 Å². The van der Waals surface area contributed by atoms with Gasteiger partial charge in [-0.05, 0) is 33.1 Å². The second kappa shape index (κ2) is 4.79. The van der Waals surface area contributed by atoms with Crippen LogP contribution in [0.2, 0.25) is 0 Å². The predicted molar refractivity (Wildman–Crippen MR) is 68.1 cm³/mol. The molecule has 4 nitrogen and oxygen atoms in total. The lowest BCUT2D eigenvalue weighted by atomic mass is 9.77. The standard InChI is InChI=1S/C11H16BNO3S/c1-10(2,14)11(3,4)16-12(15)8-5-6-17-9(8)7-13/h5-6,14-15H,1-4H3. The average molecular weight is 253 g/mol. The first-order valence-electron chi connectivity index (χ1n) is 5.25. The largest absolute Gasteiger partial charge is 0.493 e. The molecule has 0 unspecified atom stereocenters. The number of hydrogen-bond donors (Lipinski definition) is 2. The second-order valence-electron chi connectivity index (χ2n) is 4.86. The fraction of sp³-hybridized carbons (Fsp3) is 0.545. The summed E-state index contributed by atoms with van der Waals surface area (Å²) in [5, 5.41) is 30.4. The molecular formula is C11H16BNO3S. The van der Waals surface area contributed by atoms with E-state index in [1.54, 1.807) is 39.1 Å². The lowest BCUT2D eigenvalue weighted by Gasteiger charge is -2.38. The maximum atomic E-state index is 9.94. The first-order valence-corrected chi connectivity index (χ1v) is 6.13. The molecule has 0 aromatic carbocycles. The first-order chi connectivity index (χ1) is 7.69. The molecule has 0 amide bonds. The van der Waals surface area contributed by atoms with Crippen molar-refractivity contribution in [2.75, 3.05) is 0 Å². The van der Waals surface area contributed by atoms with E-state index in [4.69, 9.17) is 9.92 Å². The highest BCUT2D eigenvalue weighted by Crippen LogP contribution is 2.25. The van der Waals surface area contributed by atoms with Crippen LogP contribution in [0, 0.1) is 11.3 Å². The van der Waals surface area contributed by atoms with Crippen LogP contribution >= 0.6 is 11.3 Å². The molecule has 92 valence electrons. The fourth-order valence-electron chi connectivity index (χ4n) is 1.09. The van der Waals surface area contributed by atoms with Gasteiger partial charge in [0.05, 0.1) is 11.2 Å². The maximum absolute atomic E-state index is 9.94. The van der Waals surface area contributed by atoms with Crippen LogP contribution < -0.4 is 5.46 Å². The van der Waals surface area contributed by atoms with Crippen molar-refractivity contribution in [3.05, 3.63) is 16.3 Å². The molecule has 1 rings (SSSR count). The highest BCUT2D eigenvalue weighted by molar-refractivity contribution is 7.12. The summed E-state index contributed by atoms with van der Waals surface area (Å²) in [6.45, 7) is 6.60. The maximum Gasteiger partial charge on any atom is 0.493 e. The number of nitrogens with zero attached hydrogens (tertiary/aromatic N) is 1. The molecule has 0 saturated carbocycles. The second-order valence-corrected chi connectivity index (χ2v) is 5.77. The molecule has 1 aromatic heterocycles. The molecule has 0 saturated heterocycles. The number of aliphatic hydroxyl groups is 1. The monoisotopic (exact) mass is 253 g/mol. The Morgan fingerprint density at radius 2 is 2.00 bits per heavy atom. The summed E-state index contributed by atoms with van der Waals surface area (Å²) in [6, 6.07) is 3.64. The van der Waals surface area contributed by atoms with Crippen LogP contribution in [0.25, 0.3) is 0 Å². The summed E-state index contributed by atoms with van der Waals surface area (Å²) in [7, 11) is -1.21. The van der Waals surface area contributed by atoms with E-state index in [9.17, 15) is 10.1 Å². The smallest absolute Gasteiger partial charge is 0.423 e. The Hall–Kier alpha value is -0.865. The van der Waals surface area contributed by atoms with Gasteiger partial charge in [-0.2, -0.15) is 5.26 Å². The van der Waals surface area contributed by atoms with Crippen molar-refractivity contribution in [1.29, 1.82) is 5.26 Å². The van der Waals surface area contributed by atoms with Crippen LogP contribution in [-0.2, 0) is 4.65 Å². The molecule has 0 fully saturated rings. The molecule has 0 aliphatic carbocycles. The minimum Gasteiger partial charge on any atom is -0.423 e. The normalized spacial score (nSPS) is 12.3. The van der Waals surface area contributed by atoms with Crippen molar-refractivity contribution in [2.24, 2.45) is 0 Å². The van der Waals surface area contributed by atoms with Crippen molar-refractivity contribution < 1.29 is 14.8 Å². The molecule has 6 heteroatoms. The Bertz CT molecular complexity index is 431. The zero-order valence-electron chi connectivity index (χ0n) is 10.4. The first kappa shape index (κ1) is 14.2. The van der Waals surface area contributed by atoms with Crippen LogP contribution in [0.5, 0.6) is 0 Å². The van der Waals surface area contributed by atoms with Gasteiger partial charge in [0.1, 0.15) is 10.9 Å². The zero-order valence-corrected chi connectivity index (χ0v) is 11.2. The van der Waals surface area contributed by atoms with Gasteiger partial charge >= 0.3 is 7.12 Å². The summed E-state index contributed by atoms with van der Waals surface area (Å²) in [5.41, 5.74) is -1.59. The van der Waals surface area contributed by atoms with Gasteiger partial charge in [-0.1, -0.05) is 6.07 Å². The Kier molecular flexibility index (Phi) is 4.00. The minimum absolute atomic E-state index is 0.420. The number of nitriles is 1. The van der Waals surface area contributed by atoms with Crippen molar-refractivity contribution in [1.82, 2.24) is 0 Å². The lowest BCUT2D eigenvalue weighted by Crippen LogP contribution is -2.53. The number of hydrogen-bond acceptors (Lipinski definition) is 5. The van der Waals surface area contributed by atoms with Gasteiger partial charge < -0.3 is 14.8 Å². The molecule has 0 radical (unpaired) electrons. The average Bonchev–Trinajstić information content (AvgIpc) is 2.62. The number of thiophene rings is 1. The molecule has 0 spiro atoms. The van der Waals surface area contributed by atoms with E-state index in [1.807, 2.05) is 6.07 Å². The minimum atomic E-state index is -1.21. The van der Waals surface area contributed by atoms with Gasteiger partial charge in [-0.15, -0.1) is 11.3 Å². The van der Waals surface area contributed by atoms with Gasteiger partial charge in [-0.25, -0.2) is 0 Å². The molecule has 1 heterocycles. The van der Waals surface area contributed by atoms with Crippen molar-refractivity contribution >= 4 is 23.9 Å². The summed E-state index contributed by atoms with van der Waals surface area (Å²) in [4.78, 5) is 0.420. The zero-order chi connectivity index (χ0) is 13.3. The van der Waals surface area contributed by atoms with E-state index in [0.29, 0.717) is 10.3 Å². The van der Waals surface area contributed by atoms with E-state index in [-0.39, 0.29) is 0 Å². The Balaban J connectivity index is 2.88. The molecule has 1 aromatic rings. The fourth-order valence-corrected chi connectivity index (χ4v) is 1.80. The molecular weight excluding hydrogens is 237 g/mol. The molecule has 0 aliphatic heterocycles. The SMILES string of the molecule is CC(C)(O)C(C)(C)OB(O)c1ccsc1C#N. The highest BCUT2D eigenvalue weighted by Gasteiger charge is 2.40. The third-order valence-corrected chi connectivity index (χ3v) is 3.78. The van der Waals surface area contributed by atoms with Crippen molar-refractivity contribution in [2.45, 2.75) is 38.9 Å². The Morgan fingerprint density at radius 3 is 2.47 bits per heavy atom. The van der Waals surface area contributed by atoms with Gasteiger partial charge in [0, 0.05) is 5.46 Å². The summed E-state index contributed by atoms with van der Waals surface area (Å²) >= 11 is 1.25. The van der Waals surface area contributed by atoms with E-state index >= 15 is 0 Å². The molecule has 17 heavy (non-hydrogen) atoms. The van der Waals surface area contributed by atoms with E-state index in [2.05, 4.69) is 0 Å². The van der Waals surface area contributed by atoms with Crippen molar-refractivity contribution in [3.8, 4) is 6.07 Å².